The zero-order valence-corrected chi connectivity index (χ0v) is 12.0. The number of fused-ring (bicyclic) bond motifs is 1. The van der Waals surface area contributed by atoms with Gasteiger partial charge in [-0.25, -0.2) is 4.39 Å². The Morgan fingerprint density at radius 2 is 2.19 bits per heavy atom. The van der Waals surface area contributed by atoms with Crippen LogP contribution in [0, 0.1) is 12.7 Å². The van der Waals surface area contributed by atoms with Crippen molar-refractivity contribution >= 4 is 38.7 Å². The summed E-state index contributed by atoms with van der Waals surface area (Å²) in [6.45, 7) is 1.88. The maximum Gasteiger partial charge on any atom is 0.267 e. The predicted octanol–water partition coefficient (Wildman–Crippen LogP) is 3.58. The van der Waals surface area contributed by atoms with Gasteiger partial charge in [-0.3, -0.25) is 9.78 Å². The lowest BCUT2D eigenvalue weighted by Crippen LogP contribution is -2.12. The van der Waals surface area contributed by atoms with E-state index in [1.807, 2.05) is 6.92 Å². The fraction of sp³-hybridized carbons (Fsp3) is 0.0667. The number of thiophene rings is 1. The summed E-state index contributed by atoms with van der Waals surface area (Å²) in [4.78, 5) is 16.6. The summed E-state index contributed by atoms with van der Waals surface area (Å²) < 4.78 is 14.4. The second-order valence-corrected chi connectivity index (χ2v) is 5.72. The Labute approximate surface area is 124 Å². The van der Waals surface area contributed by atoms with Crippen LogP contribution in [0.5, 0.6) is 0 Å². The summed E-state index contributed by atoms with van der Waals surface area (Å²) in [5.41, 5.74) is 7.60. The van der Waals surface area contributed by atoms with Gasteiger partial charge in [0.2, 0.25) is 0 Å². The number of benzene rings is 1. The molecule has 0 atom stereocenters. The molecule has 1 amide bonds. The molecule has 0 saturated heterocycles. The Balaban J connectivity index is 1.99. The third kappa shape index (κ3) is 2.45. The molecular formula is C15H12FN3OS. The molecule has 2 aromatic heterocycles. The minimum Gasteiger partial charge on any atom is -0.397 e. The van der Waals surface area contributed by atoms with Crippen LogP contribution in [0.4, 0.5) is 15.8 Å². The van der Waals surface area contributed by atoms with Gasteiger partial charge in [-0.15, -0.1) is 11.3 Å². The number of carbonyl (C=O) groups excluding carboxylic acids is 1. The third-order valence-corrected chi connectivity index (χ3v) is 4.21. The second-order valence-electron chi connectivity index (χ2n) is 4.66. The minimum atomic E-state index is -0.419. The molecule has 0 radical (unpaired) electrons. The Kier molecular flexibility index (Phi) is 3.31. The summed E-state index contributed by atoms with van der Waals surface area (Å²) in [5.74, 6) is -0.780. The standard InChI is InChI=1S/C15H12FN3OS/c1-8-5-9(7-18-6-8)19-15(20)14-13(17)12-10(16)3-2-4-11(12)21-14/h2-7H,17H2,1H3,(H,19,20). The van der Waals surface area contributed by atoms with E-state index >= 15 is 0 Å². The second kappa shape index (κ2) is 5.14. The molecule has 0 bridgehead atoms. The van der Waals surface area contributed by atoms with Crippen molar-refractivity contribution in [2.75, 3.05) is 11.1 Å². The van der Waals surface area contributed by atoms with E-state index in [1.165, 1.54) is 17.4 Å². The van der Waals surface area contributed by atoms with Crippen molar-refractivity contribution in [3.63, 3.8) is 0 Å². The van der Waals surface area contributed by atoms with Crippen molar-refractivity contribution in [3.05, 3.63) is 52.9 Å². The largest absolute Gasteiger partial charge is 0.397 e. The summed E-state index contributed by atoms with van der Waals surface area (Å²) >= 11 is 1.17. The summed E-state index contributed by atoms with van der Waals surface area (Å²) in [6, 6.07) is 6.47. The van der Waals surface area contributed by atoms with Crippen molar-refractivity contribution in [1.82, 2.24) is 4.98 Å². The number of rotatable bonds is 2. The Morgan fingerprint density at radius 1 is 1.38 bits per heavy atom. The zero-order chi connectivity index (χ0) is 15.0. The molecule has 1 aromatic carbocycles. The van der Waals surface area contributed by atoms with Crippen molar-refractivity contribution < 1.29 is 9.18 Å². The van der Waals surface area contributed by atoms with Gasteiger partial charge >= 0.3 is 0 Å². The highest BCUT2D eigenvalue weighted by Crippen LogP contribution is 2.35. The summed E-state index contributed by atoms with van der Waals surface area (Å²) in [6.07, 6.45) is 3.24. The first-order chi connectivity index (χ1) is 10.1. The summed E-state index contributed by atoms with van der Waals surface area (Å²) in [5, 5.41) is 3.03. The fourth-order valence-electron chi connectivity index (χ4n) is 2.11. The van der Waals surface area contributed by atoms with Crippen LogP contribution in [0.2, 0.25) is 0 Å². The number of aryl methyl sites for hydroxylation is 1. The number of nitrogens with two attached hydrogens (primary N) is 1. The number of aromatic nitrogens is 1. The van der Waals surface area contributed by atoms with E-state index in [4.69, 9.17) is 5.73 Å². The summed E-state index contributed by atoms with van der Waals surface area (Å²) in [7, 11) is 0. The van der Waals surface area contributed by atoms with Crippen LogP contribution in [0.25, 0.3) is 10.1 Å². The first-order valence-electron chi connectivity index (χ1n) is 6.26. The van der Waals surface area contributed by atoms with Crippen LogP contribution in [0.1, 0.15) is 15.2 Å². The van der Waals surface area contributed by atoms with E-state index in [1.54, 1.807) is 30.6 Å². The number of amides is 1. The number of anilines is 2. The monoisotopic (exact) mass is 301 g/mol. The number of carbonyl (C=O) groups is 1. The molecule has 0 unspecified atom stereocenters. The van der Waals surface area contributed by atoms with Crippen molar-refractivity contribution in [2.24, 2.45) is 0 Å². The predicted molar refractivity (Wildman–Crippen MR) is 83.1 cm³/mol. The van der Waals surface area contributed by atoms with E-state index in [0.717, 1.165) is 5.56 Å². The quantitative estimate of drug-likeness (QED) is 0.760. The molecule has 0 spiro atoms. The van der Waals surface area contributed by atoms with Gasteiger partial charge in [-0.1, -0.05) is 6.07 Å². The number of pyridine rings is 1. The highest BCUT2D eigenvalue weighted by molar-refractivity contribution is 7.21. The molecule has 0 aliphatic rings. The topological polar surface area (TPSA) is 68.0 Å². The molecule has 0 aliphatic heterocycles. The molecule has 106 valence electrons. The van der Waals surface area contributed by atoms with Gasteiger partial charge in [0.1, 0.15) is 10.7 Å². The number of hydrogen-bond acceptors (Lipinski definition) is 4. The first-order valence-corrected chi connectivity index (χ1v) is 7.07. The van der Waals surface area contributed by atoms with E-state index < -0.39 is 5.82 Å². The molecule has 21 heavy (non-hydrogen) atoms. The maximum absolute atomic E-state index is 13.8. The molecule has 6 heteroatoms. The van der Waals surface area contributed by atoms with Gasteiger partial charge in [0.25, 0.3) is 5.91 Å². The molecule has 3 N–H and O–H groups in total. The van der Waals surface area contributed by atoms with E-state index in [9.17, 15) is 9.18 Å². The highest BCUT2D eigenvalue weighted by Gasteiger charge is 2.18. The Hall–Kier alpha value is -2.47. The van der Waals surface area contributed by atoms with Crippen molar-refractivity contribution in [3.8, 4) is 0 Å². The lowest BCUT2D eigenvalue weighted by Gasteiger charge is -2.04. The lowest BCUT2D eigenvalue weighted by atomic mass is 10.2. The number of nitrogen functional groups attached to an aromatic ring is 1. The van der Waals surface area contributed by atoms with Crippen LogP contribution in [0.3, 0.4) is 0 Å². The van der Waals surface area contributed by atoms with Gasteiger partial charge in [-0.2, -0.15) is 0 Å². The van der Waals surface area contributed by atoms with Crippen LogP contribution < -0.4 is 11.1 Å². The van der Waals surface area contributed by atoms with Gasteiger partial charge in [0.05, 0.1) is 23.0 Å². The van der Waals surface area contributed by atoms with Gasteiger partial charge in [-0.05, 0) is 30.7 Å². The van der Waals surface area contributed by atoms with Gasteiger partial charge in [0.15, 0.2) is 0 Å². The number of halogens is 1. The third-order valence-electron chi connectivity index (χ3n) is 3.04. The normalized spacial score (nSPS) is 10.8. The number of hydrogen-bond donors (Lipinski definition) is 2. The molecule has 0 saturated carbocycles. The van der Waals surface area contributed by atoms with Gasteiger partial charge < -0.3 is 11.1 Å². The molecular weight excluding hydrogens is 289 g/mol. The number of nitrogens with zero attached hydrogens (tertiary/aromatic N) is 1. The maximum atomic E-state index is 13.8. The lowest BCUT2D eigenvalue weighted by molar-refractivity contribution is 0.103. The average Bonchev–Trinajstić information content (AvgIpc) is 2.77. The van der Waals surface area contributed by atoms with Crippen LogP contribution >= 0.6 is 11.3 Å². The zero-order valence-electron chi connectivity index (χ0n) is 11.2. The van der Waals surface area contributed by atoms with E-state index in [2.05, 4.69) is 10.3 Å². The number of nitrogens with one attached hydrogen (secondary N) is 1. The van der Waals surface area contributed by atoms with Crippen LogP contribution in [-0.4, -0.2) is 10.9 Å². The van der Waals surface area contributed by atoms with Crippen molar-refractivity contribution in [2.45, 2.75) is 6.92 Å². The van der Waals surface area contributed by atoms with Gasteiger partial charge in [0, 0.05) is 10.9 Å². The van der Waals surface area contributed by atoms with Crippen LogP contribution in [-0.2, 0) is 0 Å². The SMILES string of the molecule is Cc1cncc(NC(=O)c2sc3cccc(F)c3c2N)c1. The molecule has 4 nitrogen and oxygen atoms in total. The van der Waals surface area contributed by atoms with Crippen molar-refractivity contribution in [1.29, 1.82) is 0 Å². The molecule has 0 fully saturated rings. The smallest absolute Gasteiger partial charge is 0.267 e. The first kappa shape index (κ1) is 13.5. The molecule has 3 rings (SSSR count). The Bertz CT molecular complexity index is 844. The Morgan fingerprint density at radius 3 is 2.90 bits per heavy atom. The van der Waals surface area contributed by atoms with E-state index in [-0.39, 0.29) is 11.6 Å². The molecule has 0 aliphatic carbocycles. The average molecular weight is 301 g/mol. The minimum absolute atomic E-state index is 0.172. The molecule has 2 heterocycles. The molecule has 3 aromatic rings. The highest BCUT2D eigenvalue weighted by atomic mass is 32.1. The van der Waals surface area contributed by atoms with E-state index in [0.29, 0.717) is 20.7 Å². The van der Waals surface area contributed by atoms with Crippen LogP contribution in [0.15, 0.2) is 36.7 Å². The fourth-order valence-corrected chi connectivity index (χ4v) is 3.14.